The molecule has 100 valence electrons. The Bertz CT molecular complexity index is 376. The van der Waals surface area contributed by atoms with Crippen molar-refractivity contribution in [3.63, 3.8) is 0 Å². The Morgan fingerprint density at radius 3 is 2.44 bits per heavy atom. The molecule has 0 bridgehead atoms. The lowest BCUT2D eigenvalue weighted by atomic mass is 10.1. The van der Waals surface area contributed by atoms with Gasteiger partial charge >= 0.3 is 6.03 Å². The second kappa shape index (κ2) is 6.98. The van der Waals surface area contributed by atoms with Crippen molar-refractivity contribution in [2.45, 2.75) is 20.0 Å². The van der Waals surface area contributed by atoms with E-state index in [9.17, 15) is 9.90 Å². The molecule has 2 amide bonds. The lowest BCUT2D eigenvalue weighted by Gasteiger charge is -2.20. The molecule has 0 radical (unpaired) electrons. The Morgan fingerprint density at radius 2 is 2.00 bits per heavy atom. The van der Waals surface area contributed by atoms with E-state index in [0.29, 0.717) is 18.8 Å². The van der Waals surface area contributed by atoms with Crippen LogP contribution < -0.4 is 5.32 Å². The summed E-state index contributed by atoms with van der Waals surface area (Å²) in [6.45, 7) is 4.34. The monoisotopic (exact) mass is 252 g/mol. The number of rotatable bonds is 5. The van der Waals surface area contributed by atoms with E-state index in [1.165, 1.54) is 4.90 Å². The predicted octanol–water partition coefficient (Wildman–Crippen LogP) is 1.59. The zero-order valence-electron chi connectivity index (χ0n) is 10.8. The van der Waals surface area contributed by atoms with Gasteiger partial charge in [-0.25, -0.2) is 4.79 Å². The molecule has 1 aromatic rings. The summed E-state index contributed by atoms with van der Waals surface area (Å²) in [5, 5.41) is 20.9. The van der Waals surface area contributed by atoms with E-state index < -0.39 is 6.10 Å². The number of benzene rings is 1. The van der Waals surface area contributed by atoms with Gasteiger partial charge in [-0.3, -0.25) is 0 Å². The molecule has 0 aliphatic heterocycles. The molecule has 0 heterocycles. The van der Waals surface area contributed by atoms with Crippen LogP contribution in [0, 0.1) is 0 Å². The summed E-state index contributed by atoms with van der Waals surface area (Å²) in [5.41, 5.74) is 1.47. The summed E-state index contributed by atoms with van der Waals surface area (Å²) in [6, 6.07) is 6.78. The van der Waals surface area contributed by atoms with Gasteiger partial charge in [0.2, 0.25) is 0 Å². The SMILES string of the molecule is CCN(CCO)C(=O)Nc1ccc(C(C)O)cc1. The summed E-state index contributed by atoms with van der Waals surface area (Å²) >= 11 is 0. The van der Waals surface area contributed by atoms with Crippen molar-refractivity contribution < 1.29 is 15.0 Å². The molecule has 18 heavy (non-hydrogen) atoms. The van der Waals surface area contributed by atoms with E-state index in [4.69, 9.17) is 5.11 Å². The van der Waals surface area contributed by atoms with Crippen molar-refractivity contribution in [3.05, 3.63) is 29.8 Å². The van der Waals surface area contributed by atoms with Gasteiger partial charge < -0.3 is 20.4 Å². The van der Waals surface area contributed by atoms with Gasteiger partial charge in [0.1, 0.15) is 0 Å². The van der Waals surface area contributed by atoms with Gasteiger partial charge in [-0.2, -0.15) is 0 Å². The van der Waals surface area contributed by atoms with Crippen LogP contribution in [0.3, 0.4) is 0 Å². The number of carbonyl (C=O) groups excluding carboxylic acids is 1. The molecule has 0 aromatic heterocycles. The predicted molar refractivity (Wildman–Crippen MR) is 70.4 cm³/mol. The Labute approximate surface area is 107 Å². The highest BCUT2D eigenvalue weighted by molar-refractivity contribution is 5.89. The third-order valence-corrected chi connectivity index (χ3v) is 2.68. The molecule has 1 aromatic carbocycles. The minimum atomic E-state index is -0.517. The number of nitrogens with one attached hydrogen (secondary N) is 1. The Hall–Kier alpha value is -1.59. The first kappa shape index (κ1) is 14.5. The van der Waals surface area contributed by atoms with Gasteiger partial charge in [0.25, 0.3) is 0 Å². The van der Waals surface area contributed by atoms with Crippen LogP contribution in [0.15, 0.2) is 24.3 Å². The van der Waals surface area contributed by atoms with Crippen molar-refractivity contribution >= 4 is 11.7 Å². The molecule has 0 aliphatic carbocycles. The van der Waals surface area contributed by atoms with E-state index >= 15 is 0 Å². The third kappa shape index (κ3) is 4.01. The van der Waals surface area contributed by atoms with Crippen LogP contribution in [0.25, 0.3) is 0 Å². The number of amides is 2. The minimum absolute atomic E-state index is 0.0533. The molecule has 1 unspecified atom stereocenters. The zero-order chi connectivity index (χ0) is 13.5. The van der Waals surface area contributed by atoms with Gasteiger partial charge in [-0.05, 0) is 31.5 Å². The molecule has 3 N–H and O–H groups in total. The lowest BCUT2D eigenvalue weighted by Crippen LogP contribution is -2.36. The highest BCUT2D eigenvalue weighted by atomic mass is 16.3. The standard InChI is InChI=1S/C13H20N2O3/c1-3-15(8-9-16)13(18)14-12-6-4-11(5-7-12)10(2)17/h4-7,10,16-17H,3,8-9H2,1-2H3,(H,14,18). The third-order valence-electron chi connectivity index (χ3n) is 2.68. The van der Waals surface area contributed by atoms with E-state index in [1.807, 2.05) is 6.92 Å². The van der Waals surface area contributed by atoms with Gasteiger partial charge in [0, 0.05) is 18.8 Å². The molecule has 0 fully saturated rings. The molecule has 5 nitrogen and oxygen atoms in total. The van der Waals surface area contributed by atoms with Crippen LogP contribution in [0.2, 0.25) is 0 Å². The highest BCUT2D eigenvalue weighted by Gasteiger charge is 2.10. The number of hydrogen-bond donors (Lipinski definition) is 3. The van der Waals surface area contributed by atoms with Crippen LogP contribution in [-0.2, 0) is 0 Å². The fourth-order valence-corrected chi connectivity index (χ4v) is 1.57. The van der Waals surface area contributed by atoms with Crippen LogP contribution in [0.4, 0.5) is 10.5 Å². The van der Waals surface area contributed by atoms with Crippen LogP contribution in [0.5, 0.6) is 0 Å². The number of aliphatic hydroxyl groups is 2. The summed E-state index contributed by atoms with van der Waals surface area (Å²) < 4.78 is 0. The van der Waals surface area contributed by atoms with Gasteiger partial charge in [0.15, 0.2) is 0 Å². The molecular formula is C13H20N2O3. The zero-order valence-corrected chi connectivity index (χ0v) is 10.8. The quantitative estimate of drug-likeness (QED) is 0.745. The number of likely N-dealkylation sites (N-methyl/N-ethyl adjacent to an activating group) is 1. The molecule has 5 heteroatoms. The fourth-order valence-electron chi connectivity index (χ4n) is 1.57. The molecule has 1 atom stereocenters. The Kier molecular flexibility index (Phi) is 5.61. The van der Waals surface area contributed by atoms with Gasteiger partial charge in [-0.1, -0.05) is 12.1 Å². The van der Waals surface area contributed by atoms with Crippen LogP contribution >= 0.6 is 0 Å². The molecule has 0 saturated heterocycles. The fraction of sp³-hybridized carbons (Fsp3) is 0.462. The van der Waals surface area contributed by atoms with Gasteiger partial charge in [0.05, 0.1) is 12.7 Å². The average molecular weight is 252 g/mol. The first-order valence-corrected chi connectivity index (χ1v) is 6.03. The second-order valence-corrected chi connectivity index (χ2v) is 4.03. The Balaban J connectivity index is 2.63. The van der Waals surface area contributed by atoms with Crippen molar-refractivity contribution in [2.75, 3.05) is 25.0 Å². The number of urea groups is 1. The van der Waals surface area contributed by atoms with Gasteiger partial charge in [-0.15, -0.1) is 0 Å². The number of aliphatic hydroxyl groups excluding tert-OH is 2. The summed E-state index contributed by atoms with van der Waals surface area (Å²) in [6.07, 6.45) is -0.517. The topological polar surface area (TPSA) is 72.8 Å². The summed E-state index contributed by atoms with van der Waals surface area (Å²) in [7, 11) is 0. The second-order valence-electron chi connectivity index (χ2n) is 4.03. The normalized spacial score (nSPS) is 12.0. The summed E-state index contributed by atoms with van der Waals surface area (Å²) in [5.74, 6) is 0. The van der Waals surface area contributed by atoms with Crippen LogP contribution in [-0.4, -0.2) is 40.8 Å². The maximum atomic E-state index is 11.8. The molecule has 0 aliphatic rings. The van der Waals surface area contributed by atoms with Crippen molar-refractivity contribution in [1.29, 1.82) is 0 Å². The number of hydrogen-bond acceptors (Lipinski definition) is 3. The highest BCUT2D eigenvalue weighted by Crippen LogP contribution is 2.15. The van der Waals surface area contributed by atoms with E-state index in [-0.39, 0.29) is 12.6 Å². The maximum Gasteiger partial charge on any atom is 0.321 e. The Morgan fingerprint density at radius 1 is 1.39 bits per heavy atom. The first-order chi connectivity index (χ1) is 8.58. The van der Waals surface area contributed by atoms with E-state index in [0.717, 1.165) is 5.56 Å². The smallest absolute Gasteiger partial charge is 0.321 e. The summed E-state index contributed by atoms with van der Waals surface area (Å²) in [4.78, 5) is 13.3. The maximum absolute atomic E-state index is 11.8. The van der Waals surface area contributed by atoms with Crippen molar-refractivity contribution in [1.82, 2.24) is 4.90 Å². The minimum Gasteiger partial charge on any atom is -0.395 e. The number of anilines is 1. The van der Waals surface area contributed by atoms with Crippen molar-refractivity contribution in [2.24, 2.45) is 0 Å². The number of nitrogens with zero attached hydrogens (tertiary/aromatic N) is 1. The largest absolute Gasteiger partial charge is 0.395 e. The average Bonchev–Trinajstić information content (AvgIpc) is 2.36. The molecule has 0 saturated carbocycles. The molecule has 1 rings (SSSR count). The molecular weight excluding hydrogens is 232 g/mol. The van der Waals surface area contributed by atoms with Crippen molar-refractivity contribution in [3.8, 4) is 0 Å². The van der Waals surface area contributed by atoms with E-state index in [1.54, 1.807) is 31.2 Å². The number of carbonyl (C=O) groups is 1. The lowest BCUT2D eigenvalue weighted by molar-refractivity contribution is 0.192. The molecule has 0 spiro atoms. The van der Waals surface area contributed by atoms with Crippen LogP contribution in [0.1, 0.15) is 25.5 Å². The van der Waals surface area contributed by atoms with E-state index in [2.05, 4.69) is 5.32 Å². The first-order valence-electron chi connectivity index (χ1n) is 6.03.